The highest BCUT2D eigenvalue weighted by Gasteiger charge is 2.32. The molecule has 2 N–H and O–H groups in total. The van der Waals surface area contributed by atoms with Crippen LogP contribution in [0.1, 0.15) is 63.2 Å². The van der Waals surface area contributed by atoms with Gasteiger partial charge in [-0.1, -0.05) is 0 Å². The predicted molar refractivity (Wildman–Crippen MR) is 110 cm³/mol. The summed E-state index contributed by atoms with van der Waals surface area (Å²) in [5, 5.41) is 14.2. The fourth-order valence-corrected chi connectivity index (χ4v) is 4.35. The Balaban J connectivity index is 1.41. The number of anilines is 1. The zero-order valence-electron chi connectivity index (χ0n) is 17.0. The van der Waals surface area contributed by atoms with Crippen LogP contribution in [0.2, 0.25) is 0 Å². The molecule has 28 heavy (non-hydrogen) atoms. The summed E-state index contributed by atoms with van der Waals surface area (Å²) in [7, 11) is 0. The quantitative estimate of drug-likeness (QED) is 0.848. The van der Waals surface area contributed by atoms with E-state index in [0.29, 0.717) is 23.2 Å². The van der Waals surface area contributed by atoms with Crippen molar-refractivity contribution < 1.29 is 9.90 Å². The molecule has 1 saturated carbocycles. The number of carbonyl (C=O) groups excluding carboxylic acids is 1. The van der Waals surface area contributed by atoms with E-state index in [1.54, 1.807) is 6.20 Å². The van der Waals surface area contributed by atoms with Crippen molar-refractivity contribution in [3.63, 3.8) is 0 Å². The van der Waals surface area contributed by atoms with Crippen molar-refractivity contribution in [2.45, 2.75) is 70.6 Å². The molecule has 0 unspecified atom stereocenters. The molecule has 2 aromatic rings. The third-order valence-corrected chi connectivity index (χ3v) is 6.47. The molecule has 2 aromatic heterocycles. The monoisotopic (exact) mass is 382 g/mol. The number of amides is 1. The van der Waals surface area contributed by atoms with E-state index in [2.05, 4.69) is 27.1 Å². The minimum absolute atomic E-state index is 0.0819. The van der Waals surface area contributed by atoms with Crippen molar-refractivity contribution in [1.29, 1.82) is 0 Å². The molecule has 1 aliphatic heterocycles. The summed E-state index contributed by atoms with van der Waals surface area (Å²) in [5.41, 5.74) is 0.611. The molecule has 6 nitrogen and oxygen atoms in total. The molecule has 4 rings (SSSR count). The van der Waals surface area contributed by atoms with Crippen LogP contribution in [0.15, 0.2) is 24.4 Å². The molecule has 2 aliphatic rings. The summed E-state index contributed by atoms with van der Waals surface area (Å²) in [6.07, 6.45) is 6.50. The highest BCUT2D eigenvalue weighted by Crippen LogP contribution is 2.32. The van der Waals surface area contributed by atoms with Crippen LogP contribution in [0, 0.1) is 5.92 Å². The Bertz CT molecular complexity index is 868. The Hall–Kier alpha value is -2.21. The summed E-state index contributed by atoms with van der Waals surface area (Å²) in [4.78, 5) is 24.0. The molecule has 1 atom stereocenters. The van der Waals surface area contributed by atoms with E-state index in [-0.39, 0.29) is 11.9 Å². The van der Waals surface area contributed by atoms with Gasteiger partial charge in [-0.3, -0.25) is 4.79 Å². The Labute approximate surface area is 166 Å². The number of nitrogens with one attached hydrogen (secondary N) is 1. The van der Waals surface area contributed by atoms with Crippen molar-refractivity contribution in [2.75, 3.05) is 11.4 Å². The van der Waals surface area contributed by atoms with E-state index in [9.17, 15) is 9.90 Å². The second kappa shape index (κ2) is 7.32. The Morgan fingerprint density at radius 1 is 1.21 bits per heavy atom. The first-order chi connectivity index (χ1) is 13.3. The Morgan fingerprint density at radius 3 is 2.57 bits per heavy atom. The maximum Gasteiger partial charge on any atom is 0.253 e. The number of hydrogen-bond donors (Lipinski definition) is 2. The van der Waals surface area contributed by atoms with Crippen LogP contribution in [0.25, 0.3) is 11.0 Å². The third kappa shape index (κ3) is 3.83. The largest absolute Gasteiger partial charge is 0.390 e. The van der Waals surface area contributed by atoms with Gasteiger partial charge in [0.2, 0.25) is 0 Å². The molecule has 0 bridgehead atoms. The van der Waals surface area contributed by atoms with Gasteiger partial charge in [-0.05, 0) is 77.0 Å². The number of rotatable bonds is 4. The number of fused-ring (bicyclic) bond motifs is 1. The van der Waals surface area contributed by atoms with E-state index in [1.165, 1.54) is 6.42 Å². The standard InChI is InChI=1S/C22H30N4O2/c1-14-10-11-26(14)19-9-4-15-12-16(13-23-20(15)25-19)21(27)24-18-7-5-17(6-8-18)22(2,3)28/h4,9,12-14,17-18,28H,5-8,10-11H2,1-3H3,(H,24,27)/t14-,17-,18-/m1/s1. The molecule has 0 radical (unpaired) electrons. The lowest BCUT2D eigenvalue weighted by molar-refractivity contribution is -0.00257. The lowest BCUT2D eigenvalue weighted by atomic mass is 9.77. The van der Waals surface area contributed by atoms with Gasteiger partial charge in [-0.15, -0.1) is 0 Å². The van der Waals surface area contributed by atoms with Gasteiger partial charge in [0.15, 0.2) is 5.65 Å². The topological polar surface area (TPSA) is 78.4 Å². The van der Waals surface area contributed by atoms with Crippen LogP contribution in [-0.2, 0) is 0 Å². The summed E-state index contributed by atoms with van der Waals surface area (Å²) >= 11 is 0. The molecule has 2 fully saturated rings. The highest BCUT2D eigenvalue weighted by molar-refractivity contribution is 5.97. The van der Waals surface area contributed by atoms with Gasteiger partial charge in [-0.2, -0.15) is 0 Å². The van der Waals surface area contributed by atoms with Crippen LogP contribution >= 0.6 is 0 Å². The predicted octanol–water partition coefficient (Wildman–Crippen LogP) is 3.29. The van der Waals surface area contributed by atoms with Gasteiger partial charge < -0.3 is 15.3 Å². The number of pyridine rings is 2. The van der Waals surface area contributed by atoms with Gasteiger partial charge >= 0.3 is 0 Å². The average Bonchev–Trinajstić information content (AvgIpc) is 2.66. The Morgan fingerprint density at radius 2 is 1.96 bits per heavy atom. The summed E-state index contributed by atoms with van der Waals surface area (Å²) in [5.74, 6) is 1.18. The lowest BCUT2D eigenvalue weighted by Crippen LogP contribution is -2.46. The number of nitrogens with zero attached hydrogens (tertiary/aromatic N) is 3. The molecular formula is C22H30N4O2. The number of aliphatic hydroxyl groups is 1. The van der Waals surface area contributed by atoms with Crippen LogP contribution in [0.5, 0.6) is 0 Å². The van der Waals surface area contributed by atoms with Crippen molar-refractivity contribution in [2.24, 2.45) is 5.92 Å². The minimum Gasteiger partial charge on any atom is -0.390 e. The zero-order chi connectivity index (χ0) is 19.9. The second-order valence-electron chi connectivity index (χ2n) is 8.95. The van der Waals surface area contributed by atoms with Crippen LogP contribution in [0.4, 0.5) is 5.82 Å². The summed E-state index contributed by atoms with van der Waals surface area (Å²) < 4.78 is 0. The van der Waals surface area contributed by atoms with E-state index in [1.807, 2.05) is 32.0 Å². The second-order valence-corrected chi connectivity index (χ2v) is 8.95. The molecule has 0 spiro atoms. The van der Waals surface area contributed by atoms with Crippen LogP contribution in [-0.4, -0.2) is 45.2 Å². The molecule has 1 saturated heterocycles. The van der Waals surface area contributed by atoms with Crippen molar-refractivity contribution in [1.82, 2.24) is 15.3 Å². The van der Waals surface area contributed by atoms with Crippen molar-refractivity contribution >= 4 is 22.8 Å². The normalized spacial score (nSPS) is 25.4. The minimum atomic E-state index is -0.642. The summed E-state index contributed by atoms with van der Waals surface area (Å²) in [6.45, 7) is 6.99. The highest BCUT2D eigenvalue weighted by atomic mass is 16.3. The van der Waals surface area contributed by atoms with Gasteiger partial charge in [0.1, 0.15) is 5.82 Å². The fraction of sp³-hybridized carbons (Fsp3) is 0.591. The molecule has 0 aromatic carbocycles. The van der Waals surface area contributed by atoms with Gasteiger partial charge in [0.05, 0.1) is 11.2 Å². The molecule has 1 aliphatic carbocycles. The van der Waals surface area contributed by atoms with Gasteiger partial charge in [-0.25, -0.2) is 9.97 Å². The maximum atomic E-state index is 12.7. The lowest BCUT2D eigenvalue weighted by Gasteiger charge is -2.39. The summed E-state index contributed by atoms with van der Waals surface area (Å²) in [6, 6.07) is 6.58. The zero-order valence-corrected chi connectivity index (χ0v) is 17.0. The smallest absolute Gasteiger partial charge is 0.253 e. The number of aromatic nitrogens is 2. The first-order valence-corrected chi connectivity index (χ1v) is 10.4. The molecule has 1 amide bonds. The van der Waals surface area contributed by atoms with E-state index in [4.69, 9.17) is 0 Å². The number of carbonyl (C=O) groups is 1. The third-order valence-electron chi connectivity index (χ3n) is 6.47. The van der Waals surface area contributed by atoms with E-state index >= 15 is 0 Å². The van der Waals surface area contributed by atoms with Crippen molar-refractivity contribution in [3.8, 4) is 0 Å². The van der Waals surface area contributed by atoms with Crippen LogP contribution < -0.4 is 10.2 Å². The molecule has 150 valence electrons. The fourth-order valence-electron chi connectivity index (χ4n) is 4.35. The first kappa shape index (κ1) is 19.1. The van der Waals surface area contributed by atoms with Crippen molar-refractivity contribution in [3.05, 3.63) is 30.0 Å². The van der Waals surface area contributed by atoms with Gasteiger partial charge in [0, 0.05) is 30.2 Å². The number of hydrogen-bond acceptors (Lipinski definition) is 5. The average molecular weight is 383 g/mol. The SMILES string of the molecule is C[C@@H]1CCN1c1ccc2cc(C(=O)N[C@H]3CC[C@H](C(C)(C)O)CC3)cnc2n1. The molecular weight excluding hydrogens is 352 g/mol. The Kier molecular flexibility index (Phi) is 5.00. The maximum absolute atomic E-state index is 12.7. The first-order valence-electron chi connectivity index (χ1n) is 10.4. The van der Waals surface area contributed by atoms with E-state index in [0.717, 1.165) is 43.4 Å². The van der Waals surface area contributed by atoms with Gasteiger partial charge in [0.25, 0.3) is 5.91 Å². The molecule has 3 heterocycles. The molecule has 6 heteroatoms. The van der Waals surface area contributed by atoms with E-state index < -0.39 is 5.60 Å². The van der Waals surface area contributed by atoms with Crippen LogP contribution in [0.3, 0.4) is 0 Å².